The molecule has 2 rings (SSSR count). The summed E-state index contributed by atoms with van der Waals surface area (Å²) < 4.78 is 0. The van der Waals surface area contributed by atoms with Gasteiger partial charge in [0.25, 0.3) is 0 Å². The van der Waals surface area contributed by atoms with E-state index >= 15 is 0 Å². The summed E-state index contributed by atoms with van der Waals surface area (Å²) in [4.78, 5) is 24.0. The first kappa shape index (κ1) is 10.7. The lowest BCUT2D eigenvalue weighted by molar-refractivity contribution is -0.140. The summed E-state index contributed by atoms with van der Waals surface area (Å²) in [6, 6.07) is 0. The second-order valence-corrected chi connectivity index (χ2v) is 4.86. The Morgan fingerprint density at radius 2 is 1.40 bits per heavy atom. The molecule has 1 saturated carbocycles. The molecule has 1 aliphatic carbocycles. The van der Waals surface area contributed by atoms with E-state index in [9.17, 15) is 9.59 Å². The molecule has 0 aromatic rings. The maximum Gasteiger partial charge on any atom is 0.233 e. The predicted molar refractivity (Wildman–Crippen MR) is 57.1 cm³/mol. The van der Waals surface area contributed by atoms with Gasteiger partial charge in [0.15, 0.2) is 0 Å². The molecule has 1 saturated heterocycles. The third kappa shape index (κ3) is 1.06. The van der Waals surface area contributed by atoms with E-state index in [0.717, 1.165) is 38.5 Å². The number of hydrogen-bond donors (Lipinski definition) is 1. The fraction of sp³-hybridized carbons (Fsp3) is 0.833. The van der Waals surface area contributed by atoms with Crippen molar-refractivity contribution in [3.63, 3.8) is 0 Å². The highest BCUT2D eigenvalue weighted by Gasteiger charge is 2.64. The smallest absolute Gasteiger partial charge is 0.233 e. The summed E-state index contributed by atoms with van der Waals surface area (Å²) >= 11 is 0. The molecule has 2 amide bonds. The minimum Gasteiger partial charge on any atom is -0.295 e. The van der Waals surface area contributed by atoms with Gasteiger partial charge in [-0.3, -0.25) is 14.9 Å². The molecule has 15 heavy (non-hydrogen) atoms. The van der Waals surface area contributed by atoms with Gasteiger partial charge in [-0.05, 0) is 25.7 Å². The van der Waals surface area contributed by atoms with Crippen molar-refractivity contribution in [3.05, 3.63) is 0 Å². The predicted octanol–water partition coefficient (Wildman–Crippen LogP) is 2.01. The molecule has 0 aromatic heterocycles. The average Bonchev–Trinajstić information content (AvgIpc) is 2.49. The van der Waals surface area contributed by atoms with Crippen molar-refractivity contribution in [3.8, 4) is 0 Å². The van der Waals surface area contributed by atoms with Gasteiger partial charge in [0.05, 0.1) is 10.8 Å². The second kappa shape index (κ2) is 3.32. The third-order valence-corrected chi connectivity index (χ3v) is 4.68. The van der Waals surface area contributed by atoms with E-state index in [0.29, 0.717) is 0 Å². The Balaban J connectivity index is 2.51. The van der Waals surface area contributed by atoms with Crippen LogP contribution in [0.15, 0.2) is 0 Å². The molecule has 0 radical (unpaired) electrons. The number of imide groups is 1. The standard InChI is InChI=1S/C12H19NO2/c1-3-11-7-5-6-8-12(11,4-2)10(15)13-9(11)14/h3-8H2,1-2H3,(H,13,14,15). The average molecular weight is 209 g/mol. The van der Waals surface area contributed by atoms with Crippen LogP contribution in [0.2, 0.25) is 0 Å². The van der Waals surface area contributed by atoms with Gasteiger partial charge in [-0.15, -0.1) is 0 Å². The number of rotatable bonds is 2. The summed E-state index contributed by atoms with van der Waals surface area (Å²) in [5, 5.41) is 2.56. The van der Waals surface area contributed by atoms with E-state index in [1.807, 2.05) is 13.8 Å². The van der Waals surface area contributed by atoms with Crippen LogP contribution < -0.4 is 5.32 Å². The maximum absolute atomic E-state index is 12.0. The summed E-state index contributed by atoms with van der Waals surface area (Å²) in [5.74, 6) is -0.0342. The molecule has 1 N–H and O–H groups in total. The van der Waals surface area contributed by atoms with Gasteiger partial charge in [-0.2, -0.15) is 0 Å². The summed E-state index contributed by atoms with van der Waals surface area (Å²) in [6.45, 7) is 4.07. The number of nitrogens with one attached hydrogen (secondary N) is 1. The molecule has 84 valence electrons. The highest BCUT2D eigenvalue weighted by Crippen LogP contribution is 2.57. The van der Waals surface area contributed by atoms with Gasteiger partial charge in [-0.25, -0.2) is 0 Å². The minimum absolute atomic E-state index is 0.0171. The SMILES string of the molecule is CCC12CCCCC1(CC)C(=O)NC2=O. The van der Waals surface area contributed by atoms with E-state index in [1.165, 1.54) is 0 Å². The summed E-state index contributed by atoms with van der Waals surface area (Å²) in [5.41, 5.74) is -0.784. The molecule has 1 heterocycles. The molecule has 2 fully saturated rings. The lowest BCUT2D eigenvalue weighted by atomic mass is 9.55. The first-order valence-corrected chi connectivity index (χ1v) is 5.99. The normalized spacial score (nSPS) is 40.1. The van der Waals surface area contributed by atoms with Crippen molar-refractivity contribution >= 4 is 11.8 Å². The van der Waals surface area contributed by atoms with Crippen molar-refractivity contribution in [2.24, 2.45) is 10.8 Å². The molecule has 1 aliphatic heterocycles. The molecule has 0 aromatic carbocycles. The molecule has 3 heteroatoms. The van der Waals surface area contributed by atoms with E-state index in [-0.39, 0.29) is 11.8 Å². The molecular weight excluding hydrogens is 190 g/mol. The van der Waals surface area contributed by atoms with Crippen LogP contribution >= 0.6 is 0 Å². The summed E-state index contributed by atoms with van der Waals surface area (Å²) in [6.07, 6.45) is 5.51. The zero-order chi connectivity index (χ0) is 11.1. The van der Waals surface area contributed by atoms with E-state index < -0.39 is 10.8 Å². The van der Waals surface area contributed by atoms with Crippen LogP contribution in [0.3, 0.4) is 0 Å². The monoisotopic (exact) mass is 209 g/mol. The Hall–Kier alpha value is -0.860. The third-order valence-electron chi connectivity index (χ3n) is 4.68. The zero-order valence-corrected chi connectivity index (χ0v) is 9.56. The van der Waals surface area contributed by atoms with Gasteiger partial charge < -0.3 is 0 Å². The van der Waals surface area contributed by atoms with Crippen LogP contribution in [-0.2, 0) is 9.59 Å². The Labute approximate surface area is 90.6 Å². The molecule has 2 aliphatic rings. The number of hydrogen-bond acceptors (Lipinski definition) is 2. The van der Waals surface area contributed by atoms with Crippen LogP contribution in [0.4, 0.5) is 0 Å². The lowest BCUT2D eigenvalue weighted by Gasteiger charge is -2.44. The molecular formula is C12H19NO2. The van der Waals surface area contributed by atoms with E-state index in [4.69, 9.17) is 0 Å². The number of carbonyl (C=O) groups is 2. The van der Waals surface area contributed by atoms with Gasteiger partial charge in [0.1, 0.15) is 0 Å². The largest absolute Gasteiger partial charge is 0.295 e. The zero-order valence-electron chi connectivity index (χ0n) is 9.56. The maximum atomic E-state index is 12.0. The van der Waals surface area contributed by atoms with Gasteiger partial charge in [0, 0.05) is 0 Å². The molecule has 0 spiro atoms. The van der Waals surface area contributed by atoms with Crippen LogP contribution in [0, 0.1) is 10.8 Å². The van der Waals surface area contributed by atoms with Crippen LogP contribution in [0.5, 0.6) is 0 Å². The summed E-state index contributed by atoms with van der Waals surface area (Å²) in [7, 11) is 0. The number of fused-ring (bicyclic) bond motifs is 1. The van der Waals surface area contributed by atoms with Crippen molar-refractivity contribution < 1.29 is 9.59 Å². The fourth-order valence-electron chi connectivity index (χ4n) is 3.69. The quantitative estimate of drug-likeness (QED) is 0.707. The van der Waals surface area contributed by atoms with Crippen LogP contribution in [-0.4, -0.2) is 11.8 Å². The van der Waals surface area contributed by atoms with Crippen LogP contribution in [0.1, 0.15) is 52.4 Å². The Morgan fingerprint density at radius 1 is 1.00 bits per heavy atom. The Morgan fingerprint density at radius 3 is 1.73 bits per heavy atom. The van der Waals surface area contributed by atoms with Crippen molar-refractivity contribution in [1.29, 1.82) is 0 Å². The molecule has 2 unspecified atom stereocenters. The molecule has 2 atom stereocenters. The Kier molecular flexibility index (Phi) is 2.36. The van der Waals surface area contributed by atoms with Crippen molar-refractivity contribution in [2.45, 2.75) is 52.4 Å². The topological polar surface area (TPSA) is 46.2 Å². The van der Waals surface area contributed by atoms with Crippen molar-refractivity contribution in [2.75, 3.05) is 0 Å². The number of amides is 2. The molecule has 3 nitrogen and oxygen atoms in total. The first-order valence-electron chi connectivity index (χ1n) is 5.99. The number of carbonyl (C=O) groups excluding carboxylic acids is 2. The van der Waals surface area contributed by atoms with Gasteiger partial charge in [-0.1, -0.05) is 26.7 Å². The lowest BCUT2D eigenvalue weighted by Crippen LogP contribution is -2.46. The fourth-order valence-corrected chi connectivity index (χ4v) is 3.69. The molecule has 0 bridgehead atoms. The first-order chi connectivity index (χ1) is 7.13. The minimum atomic E-state index is -0.392. The Bertz CT molecular complexity index is 283. The van der Waals surface area contributed by atoms with Gasteiger partial charge in [0.2, 0.25) is 11.8 Å². The van der Waals surface area contributed by atoms with E-state index in [1.54, 1.807) is 0 Å². The van der Waals surface area contributed by atoms with Crippen LogP contribution in [0.25, 0.3) is 0 Å². The van der Waals surface area contributed by atoms with Gasteiger partial charge >= 0.3 is 0 Å². The van der Waals surface area contributed by atoms with E-state index in [2.05, 4.69) is 5.32 Å². The highest BCUT2D eigenvalue weighted by molar-refractivity contribution is 6.09. The second-order valence-electron chi connectivity index (χ2n) is 4.86. The highest BCUT2D eigenvalue weighted by atomic mass is 16.2. The van der Waals surface area contributed by atoms with Crippen molar-refractivity contribution in [1.82, 2.24) is 5.32 Å².